The van der Waals surface area contributed by atoms with Crippen molar-refractivity contribution >= 4 is 17.6 Å². The summed E-state index contributed by atoms with van der Waals surface area (Å²) in [4.78, 5) is 27.9. The molecule has 1 N–H and O–H groups in total. The van der Waals surface area contributed by atoms with Crippen molar-refractivity contribution in [3.05, 3.63) is 41.6 Å². The second-order valence-corrected chi connectivity index (χ2v) is 10.4. The van der Waals surface area contributed by atoms with E-state index in [0.29, 0.717) is 5.82 Å². The molecule has 2 amide bonds. The Morgan fingerprint density at radius 1 is 1.12 bits per heavy atom. The molecule has 0 bridgehead atoms. The Morgan fingerprint density at radius 2 is 1.75 bits per heavy atom. The van der Waals surface area contributed by atoms with E-state index in [0.717, 1.165) is 42.6 Å². The van der Waals surface area contributed by atoms with E-state index >= 15 is 0 Å². The van der Waals surface area contributed by atoms with Gasteiger partial charge in [-0.3, -0.25) is 9.59 Å². The quantitative estimate of drug-likeness (QED) is 0.671. The zero-order chi connectivity index (χ0) is 23.5. The minimum Gasteiger partial charge on any atom is -0.331 e. The fraction of sp³-hybridized carbons (Fsp3) is 0.577. The van der Waals surface area contributed by atoms with Gasteiger partial charge in [-0.25, -0.2) is 4.68 Å². The number of aromatic nitrogens is 2. The van der Waals surface area contributed by atoms with Crippen LogP contribution in [0.4, 0.5) is 5.82 Å². The first-order valence-corrected chi connectivity index (χ1v) is 11.8. The third-order valence-corrected chi connectivity index (χ3v) is 6.20. The summed E-state index contributed by atoms with van der Waals surface area (Å²) >= 11 is 0. The van der Waals surface area contributed by atoms with Gasteiger partial charge in [-0.2, -0.15) is 5.10 Å². The molecule has 0 saturated heterocycles. The van der Waals surface area contributed by atoms with Crippen LogP contribution in [-0.2, 0) is 15.0 Å². The molecule has 174 valence electrons. The van der Waals surface area contributed by atoms with Gasteiger partial charge in [-0.15, -0.1) is 0 Å². The van der Waals surface area contributed by atoms with Crippen LogP contribution in [0.3, 0.4) is 0 Å². The Hall–Kier alpha value is -2.63. The third-order valence-electron chi connectivity index (χ3n) is 6.20. The van der Waals surface area contributed by atoms with Gasteiger partial charge < -0.3 is 10.2 Å². The smallest absolute Gasteiger partial charge is 0.245 e. The highest BCUT2D eigenvalue weighted by Gasteiger charge is 2.29. The summed E-state index contributed by atoms with van der Waals surface area (Å²) in [6.07, 6.45) is 5.25. The first-order valence-electron chi connectivity index (χ1n) is 11.8. The SMILES string of the molecule is Cc1ccc(-n2nc(C(C)(C)C)cc2NC(=O)CN(C(=O)C2CCCCC2)C(C)C)cc1. The predicted molar refractivity (Wildman–Crippen MR) is 129 cm³/mol. The molecule has 0 radical (unpaired) electrons. The fourth-order valence-electron chi connectivity index (χ4n) is 4.16. The number of amides is 2. The predicted octanol–water partition coefficient (Wildman–Crippen LogP) is 5.23. The van der Waals surface area contributed by atoms with Crippen LogP contribution < -0.4 is 5.32 Å². The molecule has 6 nitrogen and oxygen atoms in total. The Morgan fingerprint density at radius 3 is 2.31 bits per heavy atom. The average molecular weight is 439 g/mol. The summed E-state index contributed by atoms with van der Waals surface area (Å²) in [6, 6.07) is 9.96. The van der Waals surface area contributed by atoms with Gasteiger partial charge in [0.05, 0.1) is 11.4 Å². The van der Waals surface area contributed by atoms with E-state index in [4.69, 9.17) is 5.10 Å². The lowest BCUT2D eigenvalue weighted by molar-refractivity contribution is -0.141. The van der Waals surface area contributed by atoms with Crippen molar-refractivity contribution in [2.24, 2.45) is 5.92 Å². The molecule has 1 aromatic heterocycles. The molecule has 1 heterocycles. The van der Waals surface area contributed by atoms with Gasteiger partial charge in [-0.1, -0.05) is 57.7 Å². The first kappa shape index (κ1) is 24.0. The lowest BCUT2D eigenvalue weighted by atomic mass is 9.88. The maximum atomic E-state index is 13.1. The van der Waals surface area contributed by atoms with Crippen molar-refractivity contribution in [3.63, 3.8) is 0 Å². The summed E-state index contributed by atoms with van der Waals surface area (Å²) in [5.74, 6) is 0.580. The van der Waals surface area contributed by atoms with Crippen molar-refractivity contribution in [2.45, 2.75) is 85.1 Å². The lowest BCUT2D eigenvalue weighted by Crippen LogP contribution is -2.45. The Labute approximate surface area is 192 Å². The van der Waals surface area contributed by atoms with Crippen LogP contribution in [0.2, 0.25) is 0 Å². The minimum atomic E-state index is -0.198. The van der Waals surface area contributed by atoms with E-state index in [1.165, 1.54) is 6.42 Å². The van der Waals surface area contributed by atoms with Crippen molar-refractivity contribution in [1.29, 1.82) is 0 Å². The van der Waals surface area contributed by atoms with E-state index in [-0.39, 0.29) is 35.7 Å². The van der Waals surface area contributed by atoms with Crippen LogP contribution in [0.5, 0.6) is 0 Å². The van der Waals surface area contributed by atoms with Gasteiger partial charge in [0.15, 0.2) is 0 Å². The summed E-state index contributed by atoms with van der Waals surface area (Å²) in [5, 5.41) is 7.81. The molecule has 0 atom stereocenters. The minimum absolute atomic E-state index is 0.0256. The zero-order valence-corrected chi connectivity index (χ0v) is 20.4. The molecule has 1 aliphatic carbocycles. The van der Waals surface area contributed by atoms with E-state index in [2.05, 4.69) is 26.1 Å². The van der Waals surface area contributed by atoms with Gasteiger partial charge in [0.1, 0.15) is 12.4 Å². The molecule has 0 aliphatic heterocycles. The number of nitrogens with zero attached hydrogens (tertiary/aromatic N) is 3. The van der Waals surface area contributed by atoms with Crippen molar-refractivity contribution in [1.82, 2.24) is 14.7 Å². The highest BCUT2D eigenvalue weighted by atomic mass is 16.2. The Kier molecular flexibility index (Phi) is 7.42. The standard InChI is InChI=1S/C26H38N4O2/c1-18(2)29(25(32)20-10-8-7-9-11-20)17-24(31)27-23-16-22(26(4,5)6)28-30(23)21-14-12-19(3)13-15-21/h12-16,18,20H,7-11,17H2,1-6H3,(H,27,31). The second kappa shape index (κ2) is 9.88. The monoisotopic (exact) mass is 438 g/mol. The van der Waals surface area contributed by atoms with Gasteiger partial charge in [0.2, 0.25) is 11.8 Å². The summed E-state index contributed by atoms with van der Waals surface area (Å²) in [6.45, 7) is 12.3. The van der Waals surface area contributed by atoms with Crippen LogP contribution in [0.1, 0.15) is 78.0 Å². The van der Waals surface area contributed by atoms with Crippen molar-refractivity contribution in [2.75, 3.05) is 11.9 Å². The van der Waals surface area contributed by atoms with E-state index in [1.807, 2.05) is 51.1 Å². The van der Waals surface area contributed by atoms with E-state index < -0.39 is 0 Å². The summed E-state index contributed by atoms with van der Waals surface area (Å²) < 4.78 is 1.78. The number of carbonyl (C=O) groups is 2. The molecule has 0 unspecified atom stereocenters. The number of rotatable bonds is 6. The molecule has 1 saturated carbocycles. The van der Waals surface area contributed by atoms with Gasteiger partial charge in [-0.05, 0) is 45.7 Å². The van der Waals surface area contributed by atoms with Crippen LogP contribution >= 0.6 is 0 Å². The maximum absolute atomic E-state index is 13.1. The fourth-order valence-corrected chi connectivity index (χ4v) is 4.16. The topological polar surface area (TPSA) is 67.2 Å². The number of hydrogen-bond donors (Lipinski definition) is 1. The van der Waals surface area contributed by atoms with Crippen LogP contribution in [0, 0.1) is 12.8 Å². The normalized spacial score (nSPS) is 15.1. The molecule has 2 aromatic rings. The van der Waals surface area contributed by atoms with Crippen LogP contribution in [0.25, 0.3) is 5.69 Å². The number of nitrogens with one attached hydrogen (secondary N) is 1. The maximum Gasteiger partial charge on any atom is 0.245 e. The number of benzene rings is 1. The zero-order valence-electron chi connectivity index (χ0n) is 20.4. The molecular weight excluding hydrogens is 400 g/mol. The molecule has 1 aromatic carbocycles. The molecule has 1 aliphatic rings. The average Bonchev–Trinajstić information content (AvgIpc) is 3.16. The number of anilines is 1. The van der Waals surface area contributed by atoms with Gasteiger partial charge >= 0.3 is 0 Å². The van der Waals surface area contributed by atoms with Crippen LogP contribution in [0.15, 0.2) is 30.3 Å². The van der Waals surface area contributed by atoms with E-state index in [9.17, 15) is 9.59 Å². The molecule has 6 heteroatoms. The van der Waals surface area contributed by atoms with Crippen molar-refractivity contribution in [3.8, 4) is 5.69 Å². The molecule has 3 rings (SSSR count). The van der Waals surface area contributed by atoms with Gasteiger partial charge in [0, 0.05) is 23.4 Å². The van der Waals surface area contributed by atoms with E-state index in [1.54, 1.807) is 9.58 Å². The number of hydrogen-bond acceptors (Lipinski definition) is 3. The van der Waals surface area contributed by atoms with Gasteiger partial charge in [0.25, 0.3) is 0 Å². The summed E-state index contributed by atoms with van der Waals surface area (Å²) in [7, 11) is 0. The highest BCUT2D eigenvalue weighted by molar-refractivity contribution is 5.94. The number of aryl methyl sites for hydroxylation is 1. The first-order chi connectivity index (χ1) is 15.1. The summed E-state index contributed by atoms with van der Waals surface area (Å²) in [5.41, 5.74) is 2.79. The third kappa shape index (κ3) is 5.78. The highest BCUT2D eigenvalue weighted by Crippen LogP contribution is 2.28. The largest absolute Gasteiger partial charge is 0.331 e. The Balaban J connectivity index is 1.81. The molecular formula is C26H38N4O2. The second-order valence-electron chi connectivity index (χ2n) is 10.4. The lowest BCUT2D eigenvalue weighted by Gasteiger charge is -2.31. The number of carbonyl (C=O) groups excluding carboxylic acids is 2. The van der Waals surface area contributed by atoms with Crippen LogP contribution in [-0.4, -0.2) is 39.1 Å². The Bertz CT molecular complexity index is 932. The molecule has 0 spiro atoms. The molecule has 32 heavy (non-hydrogen) atoms. The van der Waals surface area contributed by atoms with Crippen molar-refractivity contribution < 1.29 is 9.59 Å². The molecule has 1 fully saturated rings.